The average molecular weight is 530 g/mol. The van der Waals surface area contributed by atoms with Gasteiger partial charge >= 0.3 is 0 Å². The number of nitrogens with zero attached hydrogens (tertiary/aromatic N) is 2. The maximum Gasteiger partial charge on any atom is 0.176 e. The second-order valence-corrected chi connectivity index (χ2v) is 10.6. The summed E-state index contributed by atoms with van der Waals surface area (Å²) < 4.78 is 13.7. The van der Waals surface area contributed by atoms with Crippen LogP contribution in [-0.4, -0.2) is 20.2 Å². The summed E-state index contributed by atoms with van der Waals surface area (Å²) in [5, 5.41) is 13.2. The van der Waals surface area contributed by atoms with Crippen LogP contribution in [0.4, 0.5) is 4.39 Å². The van der Waals surface area contributed by atoms with Gasteiger partial charge in [-0.15, -0.1) is 11.3 Å². The van der Waals surface area contributed by atoms with Crippen LogP contribution in [0.5, 0.6) is 0 Å². The van der Waals surface area contributed by atoms with Gasteiger partial charge in [-0.3, -0.25) is 10.1 Å². The second kappa shape index (κ2) is 9.94. The number of aromatic amines is 2. The minimum Gasteiger partial charge on any atom is -0.353 e. The zero-order valence-electron chi connectivity index (χ0n) is 20.9. The van der Waals surface area contributed by atoms with Gasteiger partial charge in [0.2, 0.25) is 0 Å². The van der Waals surface area contributed by atoms with Crippen molar-refractivity contribution in [3.63, 3.8) is 0 Å². The van der Waals surface area contributed by atoms with E-state index in [1.54, 1.807) is 0 Å². The Labute approximate surface area is 228 Å². The van der Waals surface area contributed by atoms with Gasteiger partial charge in [0.1, 0.15) is 5.69 Å². The van der Waals surface area contributed by atoms with E-state index < -0.39 is 0 Å². The Hall–Kier alpha value is -4.59. The van der Waals surface area contributed by atoms with Gasteiger partial charge < -0.3 is 10.3 Å². The quantitative estimate of drug-likeness (QED) is 0.196. The van der Waals surface area contributed by atoms with Gasteiger partial charge in [-0.05, 0) is 59.2 Å². The normalized spacial score (nSPS) is 11.5. The third-order valence-electron chi connectivity index (χ3n) is 6.95. The molecule has 0 aliphatic heterocycles. The van der Waals surface area contributed by atoms with Crippen LogP contribution in [0.2, 0.25) is 0 Å². The van der Waals surface area contributed by atoms with Gasteiger partial charge in [-0.1, -0.05) is 48.5 Å². The van der Waals surface area contributed by atoms with E-state index in [2.05, 4.69) is 80.1 Å². The predicted molar refractivity (Wildman–Crippen MR) is 157 cm³/mol. The second-order valence-electron chi connectivity index (χ2n) is 9.56. The molecule has 3 N–H and O–H groups in total. The Balaban J connectivity index is 1.20. The molecular weight excluding hydrogens is 505 g/mol. The average Bonchev–Trinajstić information content (AvgIpc) is 3.71. The van der Waals surface area contributed by atoms with Crippen LogP contribution >= 0.6 is 11.3 Å². The van der Waals surface area contributed by atoms with Crippen molar-refractivity contribution >= 4 is 33.1 Å². The smallest absolute Gasteiger partial charge is 0.176 e. The van der Waals surface area contributed by atoms with E-state index >= 15 is 0 Å². The number of pyridine rings is 1. The molecule has 0 fully saturated rings. The van der Waals surface area contributed by atoms with E-state index in [4.69, 9.17) is 0 Å². The Morgan fingerprint density at radius 3 is 2.51 bits per heavy atom. The third-order valence-corrected chi connectivity index (χ3v) is 7.86. The van der Waals surface area contributed by atoms with Crippen molar-refractivity contribution in [2.45, 2.75) is 13.1 Å². The number of rotatable bonds is 7. The van der Waals surface area contributed by atoms with Crippen LogP contribution in [0.1, 0.15) is 11.1 Å². The molecule has 0 saturated carbocycles. The Kier molecular flexibility index (Phi) is 6.00. The molecule has 0 radical (unpaired) electrons. The van der Waals surface area contributed by atoms with Crippen molar-refractivity contribution in [1.29, 1.82) is 0 Å². The SMILES string of the molecule is Fc1ccc(-c2cccc3[nH]c(-c4n[nH]c5ccc(-c6cncc(CNCc7ccccc7)c6)cc45)cc23)s1. The molecule has 39 heavy (non-hydrogen) atoms. The van der Waals surface area contributed by atoms with Crippen LogP contribution in [0.3, 0.4) is 0 Å². The number of halogens is 1. The largest absolute Gasteiger partial charge is 0.353 e. The maximum absolute atomic E-state index is 13.7. The minimum atomic E-state index is -0.186. The van der Waals surface area contributed by atoms with Crippen LogP contribution in [0, 0.1) is 5.13 Å². The van der Waals surface area contributed by atoms with Gasteiger partial charge in [0.25, 0.3) is 0 Å². The van der Waals surface area contributed by atoms with Crippen molar-refractivity contribution in [1.82, 2.24) is 25.5 Å². The van der Waals surface area contributed by atoms with Crippen molar-refractivity contribution in [2.75, 3.05) is 0 Å². The van der Waals surface area contributed by atoms with E-state index in [9.17, 15) is 4.39 Å². The molecule has 0 unspecified atom stereocenters. The molecule has 0 spiro atoms. The number of hydrogen-bond donors (Lipinski definition) is 3. The molecular formula is C32H24FN5S. The lowest BCUT2D eigenvalue weighted by Crippen LogP contribution is -2.12. The highest BCUT2D eigenvalue weighted by atomic mass is 32.1. The van der Waals surface area contributed by atoms with E-state index in [1.807, 2.05) is 42.7 Å². The molecule has 4 aromatic heterocycles. The van der Waals surface area contributed by atoms with Gasteiger partial charge in [0.15, 0.2) is 5.13 Å². The number of nitrogens with one attached hydrogen (secondary N) is 3. The first kappa shape index (κ1) is 23.5. The van der Waals surface area contributed by atoms with Crippen molar-refractivity contribution in [2.24, 2.45) is 0 Å². The molecule has 7 aromatic rings. The molecule has 4 heterocycles. The van der Waals surface area contributed by atoms with Crippen molar-refractivity contribution in [3.8, 4) is 33.0 Å². The minimum absolute atomic E-state index is 0.186. The maximum atomic E-state index is 13.7. The summed E-state index contributed by atoms with van der Waals surface area (Å²) >= 11 is 1.16. The molecule has 0 atom stereocenters. The number of fused-ring (bicyclic) bond motifs is 2. The fourth-order valence-corrected chi connectivity index (χ4v) is 5.81. The highest BCUT2D eigenvalue weighted by Crippen LogP contribution is 2.37. The first-order valence-corrected chi connectivity index (χ1v) is 13.6. The van der Waals surface area contributed by atoms with Crippen molar-refractivity contribution in [3.05, 3.63) is 120 Å². The Morgan fingerprint density at radius 1 is 0.744 bits per heavy atom. The summed E-state index contributed by atoms with van der Waals surface area (Å²) in [6, 6.07) is 30.4. The third kappa shape index (κ3) is 4.63. The molecule has 3 aromatic carbocycles. The molecule has 7 rings (SSSR count). The fourth-order valence-electron chi connectivity index (χ4n) is 5.04. The zero-order valence-corrected chi connectivity index (χ0v) is 21.7. The van der Waals surface area contributed by atoms with Gasteiger partial charge in [0.05, 0.1) is 11.2 Å². The zero-order chi connectivity index (χ0) is 26.2. The molecule has 190 valence electrons. The summed E-state index contributed by atoms with van der Waals surface area (Å²) in [7, 11) is 0. The van der Waals surface area contributed by atoms with Crippen LogP contribution < -0.4 is 5.32 Å². The molecule has 5 nitrogen and oxygen atoms in total. The summed E-state index contributed by atoms with van der Waals surface area (Å²) in [5.41, 5.74) is 9.23. The number of aromatic nitrogens is 4. The monoisotopic (exact) mass is 529 g/mol. The van der Waals surface area contributed by atoms with Crippen molar-refractivity contribution < 1.29 is 4.39 Å². The van der Waals surface area contributed by atoms with E-state index in [0.717, 1.165) is 84.8 Å². The van der Waals surface area contributed by atoms with Crippen LogP contribution in [0.25, 0.3) is 54.8 Å². The summed E-state index contributed by atoms with van der Waals surface area (Å²) in [5.74, 6) is 0. The van der Waals surface area contributed by atoms with Gasteiger partial charge in [-0.2, -0.15) is 9.49 Å². The Bertz CT molecular complexity index is 1920. The topological polar surface area (TPSA) is 69.4 Å². The summed E-state index contributed by atoms with van der Waals surface area (Å²) in [4.78, 5) is 8.93. The lowest BCUT2D eigenvalue weighted by atomic mass is 10.0. The summed E-state index contributed by atoms with van der Waals surface area (Å²) in [6.45, 7) is 1.55. The number of thiophene rings is 1. The first-order valence-electron chi connectivity index (χ1n) is 12.8. The lowest BCUT2D eigenvalue weighted by molar-refractivity contribution is 0.657. The molecule has 0 saturated heterocycles. The molecule has 0 amide bonds. The molecule has 0 aliphatic rings. The molecule has 7 heteroatoms. The van der Waals surface area contributed by atoms with Gasteiger partial charge in [0, 0.05) is 57.8 Å². The van der Waals surface area contributed by atoms with Gasteiger partial charge in [-0.25, -0.2) is 0 Å². The Morgan fingerprint density at radius 2 is 1.64 bits per heavy atom. The number of benzene rings is 3. The fraction of sp³-hybridized carbons (Fsp3) is 0.0625. The highest BCUT2D eigenvalue weighted by Gasteiger charge is 2.15. The predicted octanol–water partition coefficient (Wildman–Crippen LogP) is 7.93. The van der Waals surface area contributed by atoms with E-state index in [1.165, 1.54) is 11.6 Å². The first-order chi connectivity index (χ1) is 19.2. The molecule has 0 aliphatic carbocycles. The number of hydrogen-bond acceptors (Lipinski definition) is 4. The standard InChI is InChI=1S/C32H24FN5S/c33-31-12-11-30(39-31)24-7-4-8-27-25(24)15-29(36-27)32-26-14-22(9-10-28(26)37-38-32)23-13-21(18-35-19-23)17-34-16-20-5-2-1-3-6-20/h1-15,18-19,34,36H,16-17H2,(H,37,38). The number of H-pyrrole nitrogens is 2. The summed E-state index contributed by atoms with van der Waals surface area (Å²) in [6.07, 6.45) is 3.81. The van der Waals surface area contributed by atoms with Crippen LogP contribution in [0.15, 0.2) is 103 Å². The highest BCUT2D eigenvalue weighted by molar-refractivity contribution is 7.14. The van der Waals surface area contributed by atoms with Crippen LogP contribution in [-0.2, 0) is 13.1 Å². The van der Waals surface area contributed by atoms with E-state index in [0.29, 0.717) is 0 Å². The molecule has 0 bridgehead atoms. The van der Waals surface area contributed by atoms with E-state index in [-0.39, 0.29) is 5.13 Å². The lowest BCUT2D eigenvalue weighted by Gasteiger charge is -2.08.